The van der Waals surface area contributed by atoms with Gasteiger partial charge in [-0.2, -0.15) is 0 Å². The smallest absolute Gasteiger partial charge is 0.204 e. The molecule has 0 saturated heterocycles. The van der Waals surface area contributed by atoms with Crippen molar-refractivity contribution < 1.29 is 8.94 Å². The number of nitrogen functional groups attached to an aromatic ring is 1. The number of benzene rings is 1. The molecule has 16 heavy (non-hydrogen) atoms. The summed E-state index contributed by atoms with van der Waals surface area (Å²) in [6.07, 6.45) is 0. The zero-order chi connectivity index (χ0) is 11.1. The SMILES string of the molecule is Nc1cc(-c2cc3c(Cl)cccc3o2)on1. The fraction of sp³-hybridized carbons (Fsp3) is 0. The van der Waals surface area contributed by atoms with Crippen molar-refractivity contribution >= 4 is 28.4 Å². The summed E-state index contributed by atoms with van der Waals surface area (Å²) in [5, 5.41) is 5.08. The Kier molecular flexibility index (Phi) is 1.91. The van der Waals surface area contributed by atoms with Crippen molar-refractivity contribution in [1.82, 2.24) is 5.16 Å². The number of nitrogens with zero attached hydrogens (tertiary/aromatic N) is 1. The summed E-state index contributed by atoms with van der Waals surface area (Å²) < 4.78 is 10.6. The highest BCUT2D eigenvalue weighted by Crippen LogP contribution is 2.32. The van der Waals surface area contributed by atoms with Gasteiger partial charge in [0.15, 0.2) is 11.6 Å². The molecule has 5 heteroatoms. The van der Waals surface area contributed by atoms with Gasteiger partial charge in [0.05, 0.1) is 5.02 Å². The first-order valence-electron chi connectivity index (χ1n) is 4.64. The van der Waals surface area contributed by atoms with Crippen molar-refractivity contribution in [1.29, 1.82) is 0 Å². The first kappa shape index (κ1) is 9.30. The van der Waals surface area contributed by atoms with Crippen LogP contribution in [0.1, 0.15) is 0 Å². The van der Waals surface area contributed by atoms with Gasteiger partial charge in [-0.05, 0) is 18.2 Å². The average Bonchev–Trinajstić information content (AvgIpc) is 2.84. The zero-order valence-corrected chi connectivity index (χ0v) is 8.86. The van der Waals surface area contributed by atoms with Crippen LogP contribution in [-0.2, 0) is 0 Å². The van der Waals surface area contributed by atoms with Crippen LogP contribution in [0.2, 0.25) is 5.02 Å². The third kappa shape index (κ3) is 1.35. The molecule has 0 saturated carbocycles. The van der Waals surface area contributed by atoms with Gasteiger partial charge in [-0.25, -0.2) is 0 Å². The number of halogens is 1. The van der Waals surface area contributed by atoms with Crippen LogP contribution in [0, 0.1) is 0 Å². The van der Waals surface area contributed by atoms with E-state index in [1.165, 1.54) is 0 Å². The van der Waals surface area contributed by atoms with Crippen LogP contribution in [-0.4, -0.2) is 5.16 Å². The molecule has 1 aromatic carbocycles. The molecule has 0 spiro atoms. The molecule has 4 nitrogen and oxygen atoms in total. The molecule has 0 atom stereocenters. The van der Waals surface area contributed by atoms with E-state index < -0.39 is 0 Å². The average molecular weight is 235 g/mol. The Morgan fingerprint density at radius 2 is 2.06 bits per heavy atom. The number of anilines is 1. The highest BCUT2D eigenvalue weighted by molar-refractivity contribution is 6.35. The van der Waals surface area contributed by atoms with Crippen molar-refractivity contribution in [3.63, 3.8) is 0 Å². The van der Waals surface area contributed by atoms with Gasteiger partial charge < -0.3 is 14.7 Å². The molecule has 0 aliphatic rings. The molecule has 0 fully saturated rings. The number of fused-ring (bicyclic) bond motifs is 1. The van der Waals surface area contributed by atoms with Crippen LogP contribution in [0.15, 0.2) is 39.3 Å². The number of furan rings is 1. The summed E-state index contributed by atoms with van der Waals surface area (Å²) in [5.41, 5.74) is 6.17. The molecule has 2 aromatic heterocycles. The number of rotatable bonds is 1. The van der Waals surface area contributed by atoms with Crippen LogP contribution < -0.4 is 5.73 Å². The van der Waals surface area contributed by atoms with Crippen LogP contribution in [0.4, 0.5) is 5.82 Å². The van der Waals surface area contributed by atoms with E-state index in [1.807, 2.05) is 12.1 Å². The minimum Gasteiger partial charge on any atom is -0.453 e. The van der Waals surface area contributed by atoms with Gasteiger partial charge in [0.25, 0.3) is 0 Å². The minimum atomic E-state index is 0.321. The van der Waals surface area contributed by atoms with Crippen LogP contribution in [0.25, 0.3) is 22.5 Å². The maximum Gasteiger partial charge on any atom is 0.204 e. The summed E-state index contributed by atoms with van der Waals surface area (Å²) in [6, 6.07) is 8.87. The first-order chi connectivity index (χ1) is 7.74. The van der Waals surface area contributed by atoms with E-state index in [2.05, 4.69) is 5.16 Å². The monoisotopic (exact) mass is 234 g/mol. The standard InChI is InChI=1S/C11H7ClN2O2/c12-7-2-1-3-8-6(7)4-9(15-8)10-5-11(13)14-16-10/h1-5H,(H2,13,14). The van der Waals surface area contributed by atoms with Crippen molar-refractivity contribution in [3.8, 4) is 11.5 Å². The molecule has 3 rings (SSSR count). The first-order valence-corrected chi connectivity index (χ1v) is 5.02. The predicted molar refractivity (Wildman–Crippen MR) is 61.1 cm³/mol. The van der Waals surface area contributed by atoms with E-state index in [0.717, 1.165) is 5.39 Å². The van der Waals surface area contributed by atoms with Gasteiger partial charge in [0.1, 0.15) is 5.58 Å². The molecular weight excluding hydrogens is 228 g/mol. The number of nitrogens with two attached hydrogens (primary N) is 1. The molecule has 0 amide bonds. The van der Waals surface area contributed by atoms with E-state index in [0.29, 0.717) is 27.9 Å². The fourth-order valence-corrected chi connectivity index (χ4v) is 1.77. The lowest BCUT2D eigenvalue weighted by atomic mass is 10.2. The van der Waals surface area contributed by atoms with Gasteiger partial charge >= 0.3 is 0 Å². The van der Waals surface area contributed by atoms with E-state index in [1.54, 1.807) is 18.2 Å². The van der Waals surface area contributed by atoms with Crippen LogP contribution >= 0.6 is 11.6 Å². The van der Waals surface area contributed by atoms with Crippen molar-refractivity contribution in [2.24, 2.45) is 0 Å². The molecule has 0 radical (unpaired) electrons. The van der Waals surface area contributed by atoms with Crippen LogP contribution in [0.5, 0.6) is 0 Å². The topological polar surface area (TPSA) is 65.2 Å². The van der Waals surface area contributed by atoms with E-state index in [4.69, 9.17) is 26.3 Å². The van der Waals surface area contributed by atoms with E-state index in [9.17, 15) is 0 Å². The Morgan fingerprint density at radius 3 is 2.75 bits per heavy atom. The molecule has 0 aliphatic carbocycles. The van der Waals surface area contributed by atoms with Gasteiger partial charge in [-0.1, -0.05) is 22.8 Å². The lowest BCUT2D eigenvalue weighted by Crippen LogP contribution is -1.79. The molecule has 80 valence electrons. The number of aromatic nitrogens is 1. The lowest BCUT2D eigenvalue weighted by molar-refractivity contribution is 0.424. The van der Waals surface area contributed by atoms with Gasteiger partial charge in [-0.15, -0.1) is 0 Å². The Morgan fingerprint density at radius 1 is 1.19 bits per heavy atom. The van der Waals surface area contributed by atoms with Crippen molar-refractivity contribution in [2.75, 3.05) is 5.73 Å². The number of hydrogen-bond acceptors (Lipinski definition) is 4. The van der Waals surface area contributed by atoms with E-state index >= 15 is 0 Å². The quantitative estimate of drug-likeness (QED) is 0.701. The normalized spacial score (nSPS) is 11.1. The third-order valence-corrected chi connectivity index (χ3v) is 2.61. The van der Waals surface area contributed by atoms with Gasteiger partial charge in [0.2, 0.25) is 5.76 Å². The summed E-state index contributed by atoms with van der Waals surface area (Å²) in [5.74, 6) is 1.37. The van der Waals surface area contributed by atoms with Gasteiger partial charge in [0, 0.05) is 11.5 Å². The Balaban J connectivity index is 2.22. The van der Waals surface area contributed by atoms with Gasteiger partial charge in [-0.3, -0.25) is 0 Å². The molecule has 0 bridgehead atoms. The Bertz CT molecular complexity index is 657. The second kappa shape index (κ2) is 3.28. The van der Waals surface area contributed by atoms with Crippen molar-refractivity contribution in [2.45, 2.75) is 0 Å². The van der Waals surface area contributed by atoms with E-state index in [-0.39, 0.29) is 0 Å². The third-order valence-electron chi connectivity index (χ3n) is 2.28. The Labute approximate surface area is 95.6 Å². The minimum absolute atomic E-state index is 0.321. The maximum atomic E-state index is 6.03. The second-order valence-corrected chi connectivity index (χ2v) is 3.79. The number of hydrogen-bond donors (Lipinski definition) is 1. The molecule has 2 heterocycles. The second-order valence-electron chi connectivity index (χ2n) is 3.38. The fourth-order valence-electron chi connectivity index (χ4n) is 1.55. The Hall–Kier alpha value is -1.94. The molecular formula is C11H7ClN2O2. The largest absolute Gasteiger partial charge is 0.453 e. The molecule has 0 unspecified atom stereocenters. The lowest BCUT2D eigenvalue weighted by Gasteiger charge is -1.88. The predicted octanol–water partition coefficient (Wildman–Crippen LogP) is 3.32. The zero-order valence-electron chi connectivity index (χ0n) is 8.11. The molecule has 0 aliphatic heterocycles. The summed E-state index contributed by atoms with van der Waals surface area (Å²) in [4.78, 5) is 0. The summed E-state index contributed by atoms with van der Waals surface area (Å²) in [6.45, 7) is 0. The molecule has 2 N–H and O–H groups in total. The highest BCUT2D eigenvalue weighted by Gasteiger charge is 2.12. The summed E-state index contributed by atoms with van der Waals surface area (Å²) in [7, 11) is 0. The van der Waals surface area contributed by atoms with Crippen molar-refractivity contribution in [3.05, 3.63) is 35.4 Å². The highest BCUT2D eigenvalue weighted by atomic mass is 35.5. The van der Waals surface area contributed by atoms with Crippen LogP contribution in [0.3, 0.4) is 0 Å². The molecule has 3 aromatic rings. The summed E-state index contributed by atoms with van der Waals surface area (Å²) >= 11 is 6.03. The maximum absolute atomic E-state index is 6.03.